The molecule has 4 rings (SSSR count). The summed E-state index contributed by atoms with van der Waals surface area (Å²) in [5, 5.41) is 6.51. The number of amides is 2. The number of rotatable bonds is 6. The van der Waals surface area contributed by atoms with Crippen LogP contribution in [0, 0.1) is 0 Å². The van der Waals surface area contributed by atoms with E-state index in [-0.39, 0.29) is 17.6 Å². The van der Waals surface area contributed by atoms with Gasteiger partial charge in [-0.05, 0) is 77.3 Å². The lowest BCUT2D eigenvalue weighted by Crippen LogP contribution is -2.28. The number of anilines is 3. The molecule has 6 nitrogen and oxygen atoms in total. The van der Waals surface area contributed by atoms with Gasteiger partial charge in [-0.1, -0.05) is 31.4 Å². The highest BCUT2D eigenvalue weighted by Gasteiger charge is 2.22. The van der Waals surface area contributed by atoms with Gasteiger partial charge in [-0.15, -0.1) is 0 Å². The first-order valence-electron chi connectivity index (χ1n) is 10.8. The summed E-state index contributed by atoms with van der Waals surface area (Å²) >= 11 is 3.21. The highest BCUT2D eigenvalue weighted by molar-refractivity contribution is 9.10. The van der Waals surface area contributed by atoms with Crippen LogP contribution in [0.3, 0.4) is 0 Å². The molecule has 2 aromatic carbocycles. The minimum Gasteiger partial charge on any atom is -0.444 e. The zero-order valence-corrected chi connectivity index (χ0v) is 19.5. The lowest BCUT2D eigenvalue weighted by molar-refractivity contribution is 0.0965. The lowest BCUT2D eigenvalue weighted by atomic mass is 9.95. The maximum atomic E-state index is 13.0. The predicted octanol–water partition coefficient (Wildman–Crippen LogP) is 6.32. The van der Waals surface area contributed by atoms with E-state index in [0.29, 0.717) is 27.6 Å². The van der Waals surface area contributed by atoms with Gasteiger partial charge in [0.25, 0.3) is 11.8 Å². The third-order valence-electron chi connectivity index (χ3n) is 5.72. The van der Waals surface area contributed by atoms with Gasteiger partial charge in [0.05, 0.1) is 11.3 Å². The second-order valence-corrected chi connectivity index (χ2v) is 8.78. The van der Waals surface area contributed by atoms with Crippen molar-refractivity contribution >= 4 is 44.8 Å². The van der Waals surface area contributed by atoms with E-state index in [1.165, 1.54) is 37.0 Å². The van der Waals surface area contributed by atoms with Crippen molar-refractivity contribution in [3.63, 3.8) is 0 Å². The number of halogens is 1. The minimum atomic E-state index is -0.339. The maximum Gasteiger partial charge on any atom is 0.293 e. The average molecular weight is 496 g/mol. The molecular formula is C25H26BrN3O3. The molecule has 1 aromatic heterocycles. The van der Waals surface area contributed by atoms with Crippen LogP contribution in [0.2, 0.25) is 0 Å². The number of hydrogen-bond acceptors (Lipinski definition) is 4. The highest BCUT2D eigenvalue weighted by Crippen LogP contribution is 2.25. The molecule has 7 heteroatoms. The van der Waals surface area contributed by atoms with Crippen molar-refractivity contribution in [2.45, 2.75) is 38.1 Å². The summed E-state index contributed by atoms with van der Waals surface area (Å²) in [6, 6.07) is 18.5. The Bertz CT molecular complexity index is 1090. The molecule has 2 amide bonds. The van der Waals surface area contributed by atoms with Crippen molar-refractivity contribution in [3.8, 4) is 0 Å². The number of nitrogens with one attached hydrogen (secondary N) is 2. The summed E-state index contributed by atoms with van der Waals surface area (Å²) in [4.78, 5) is 27.2. The van der Waals surface area contributed by atoms with Gasteiger partial charge >= 0.3 is 0 Å². The van der Waals surface area contributed by atoms with E-state index >= 15 is 0 Å². The van der Waals surface area contributed by atoms with Gasteiger partial charge in [-0.2, -0.15) is 0 Å². The van der Waals surface area contributed by atoms with Crippen LogP contribution in [0.15, 0.2) is 69.8 Å². The van der Waals surface area contributed by atoms with Gasteiger partial charge in [-0.3, -0.25) is 9.59 Å². The Morgan fingerprint density at radius 3 is 2.31 bits per heavy atom. The smallest absolute Gasteiger partial charge is 0.293 e. The molecule has 1 saturated carbocycles. The molecule has 32 heavy (non-hydrogen) atoms. The maximum absolute atomic E-state index is 13.0. The molecule has 0 atom stereocenters. The summed E-state index contributed by atoms with van der Waals surface area (Å²) in [7, 11) is 1.62. The molecule has 0 bridgehead atoms. The first kappa shape index (κ1) is 22.1. The standard InChI is InChI=1S/C25H26BrN3O3/c1-29(25(31)22-15-16-23(26)32-22)21-10-6-5-9-20(21)24(30)28-19-13-11-18(12-14-19)27-17-7-3-2-4-8-17/h5-6,9-17,27H,2-4,7-8H2,1H3,(H,28,30). The van der Waals surface area contributed by atoms with E-state index in [1.54, 1.807) is 43.4 Å². The molecule has 0 unspecified atom stereocenters. The molecule has 0 aliphatic heterocycles. The van der Waals surface area contributed by atoms with Crippen LogP contribution >= 0.6 is 15.9 Å². The van der Waals surface area contributed by atoms with Gasteiger partial charge in [0.1, 0.15) is 0 Å². The number of benzene rings is 2. The lowest BCUT2D eigenvalue weighted by Gasteiger charge is -2.24. The Morgan fingerprint density at radius 1 is 0.938 bits per heavy atom. The fourth-order valence-corrected chi connectivity index (χ4v) is 4.30. The van der Waals surface area contributed by atoms with Crippen LogP contribution in [-0.4, -0.2) is 24.9 Å². The van der Waals surface area contributed by atoms with Crippen molar-refractivity contribution in [3.05, 3.63) is 76.7 Å². The molecular weight excluding hydrogens is 470 g/mol. The van der Waals surface area contributed by atoms with Crippen LogP contribution in [-0.2, 0) is 0 Å². The van der Waals surface area contributed by atoms with Crippen molar-refractivity contribution in [2.75, 3.05) is 22.6 Å². The normalized spacial score (nSPS) is 14.1. The van der Waals surface area contributed by atoms with Gasteiger partial charge in [-0.25, -0.2) is 0 Å². The Hall–Kier alpha value is -3.06. The van der Waals surface area contributed by atoms with E-state index in [4.69, 9.17) is 4.42 Å². The summed E-state index contributed by atoms with van der Waals surface area (Å²) in [5.74, 6) is -0.432. The van der Waals surface area contributed by atoms with Crippen molar-refractivity contribution in [1.29, 1.82) is 0 Å². The minimum absolute atomic E-state index is 0.190. The van der Waals surface area contributed by atoms with Crippen LogP contribution in [0.4, 0.5) is 17.1 Å². The van der Waals surface area contributed by atoms with Crippen LogP contribution in [0.1, 0.15) is 53.0 Å². The van der Waals surface area contributed by atoms with Gasteiger partial charge < -0.3 is 20.0 Å². The van der Waals surface area contributed by atoms with Gasteiger partial charge in [0.15, 0.2) is 10.4 Å². The largest absolute Gasteiger partial charge is 0.444 e. The molecule has 166 valence electrons. The molecule has 1 fully saturated rings. The molecule has 0 radical (unpaired) electrons. The second-order valence-electron chi connectivity index (χ2n) is 8.00. The number of carbonyl (C=O) groups excluding carboxylic acids is 2. The Balaban J connectivity index is 1.45. The van der Waals surface area contributed by atoms with E-state index in [2.05, 4.69) is 26.6 Å². The van der Waals surface area contributed by atoms with Gasteiger partial charge in [0, 0.05) is 24.5 Å². The SMILES string of the molecule is CN(C(=O)c1ccc(Br)o1)c1ccccc1C(=O)Nc1ccc(NC2CCCCC2)cc1. The molecule has 0 spiro atoms. The van der Waals surface area contributed by atoms with Crippen molar-refractivity contribution < 1.29 is 14.0 Å². The summed E-state index contributed by atoms with van der Waals surface area (Å²) < 4.78 is 5.84. The molecule has 2 N–H and O–H groups in total. The summed E-state index contributed by atoms with van der Waals surface area (Å²) in [6.07, 6.45) is 6.29. The topological polar surface area (TPSA) is 74.6 Å². The average Bonchev–Trinajstić information content (AvgIpc) is 3.26. The van der Waals surface area contributed by atoms with Crippen molar-refractivity contribution in [2.24, 2.45) is 0 Å². The number of furan rings is 1. The number of para-hydroxylation sites is 1. The second kappa shape index (κ2) is 10.0. The van der Waals surface area contributed by atoms with Crippen LogP contribution < -0.4 is 15.5 Å². The molecule has 1 heterocycles. The Morgan fingerprint density at radius 2 is 1.62 bits per heavy atom. The molecule has 3 aromatic rings. The van der Waals surface area contributed by atoms with E-state index in [1.807, 2.05) is 24.3 Å². The molecule has 1 aliphatic carbocycles. The van der Waals surface area contributed by atoms with E-state index in [9.17, 15) is 9.59 Å². The van der Waals surface area contributed by atoms with E-state index < -0.39 is 0 Å². The third-order valence-corrected chi connectivity index (χ3v) is 6.14. The Kier molecular flexibility index (Phi) is 6.95. The van der Waals surface area contributed by atoms with Crippen LogP contribution in [0.5, 0.6) is 0 Å². The number of carbonyl (C=O) groups is 2. The Labute approximate surface area is 196 Å². The summed E-state index contributed by atoms with van der Waals surface area (Å²) in [5.41, 5.74) is 2.66. The van der Waals surface area contributed by atoms with Gasteiger partial charge in [0.2, 0.25) is 0 Å². The monoisotopic (exact) mass is 495 g/mol. The number of nitrogens with zero attached hydrogens (tertiary/aromatic N) is 1. The fourth-order valence-electron chi connectivity index (χ4n) is 3.99. The highest BCUT2D eigenvalue weighted by atomic mass is 79.9. The molecule has 1 aliphatic rings. The quantitative estimate of drug-likeness (QED) is 0.419. The zero-order chi connectivity index (χ0) is 22.5. The first-order valence-corrected chi connectivity index (χ1v) is 11.6. The fraction of sp³-hybridized carbons (Fsp3) is 0.280. The van der Waals surface area contributed by atoms with E-state index in [0.717, 1.165) is 5.69 Å². The summed E-state index contributed by atoms with van der Waals surface area (Å²) in [6.45, 7) is 0. The third kappa shape index (κ3) is 5.22. The molecule has 0 saturated heterocycles. The number of hydrogen-bond donors (Lipinski definition) is 2. The van der Waals surface area contributed by atoms with Crippen LogP contribution in [0.25, 0.3) is 0 Å². The van der Waals surface area contributed by atoms with Crippen molar-refractivity contribution in [1.82, 2.24) is 0 Å². The zero-order valence-electron chi connectivity index (χ0n) is 17.9. The first-order chi connectivity index (χ1) is 15.5. The predicted molar refractivity (Wildman–Crippen MR) is 130 cm³/mol.